The van der Waals surface area contributed by atoms with Gasteiger partial charge in [-0.25, -0.2) is 9.07 Å². The van der Waals surface area contributed by atoms with E-state index in [0.29, 0.717) is 6.54 Å². The minimum absolute atomic E-state index is 0.113. The molecule has 0 saturated carbocycles. The molecule has 4 aromatic rings. The number of aryl methyl sites for hydroxylation is 2. The Kier molecular flexibility index (Phi) is 5.20. The van der Waals surface area contributed by atoms with Gasteiger partial charge in [0.15, 0.2) is 5.82 Å². The van der Waals surface area contributed by atoms with Gasteiger partial charge in [0.25, 0.3) is 0 Å². The number of nitrogens with zero attached hydrogens (tertiary/aromatic N) is 5. The van der Waals surface area contributed by atoms with Crippen LogP contribution in [0.2, 0.25) is 0 Å². The van der Waals surface area contributed by atoms with Crippen molar-refractivity contribution in [2.45, 2.75) is 32.4 Å². The van der Waals surface area contributed by atoms with Crippen LogP contribution >= 0.6 is 0 Å². The molecule has 0 radical (unpaired) electrons. The van der Waals surface area contributed by atoms with Gasteiger partial charge in [-0.1, -0.05) is 60.2 Å². The van der Waals surface area contributed by atoms with E-state index in [4.69, 9.17) is 0 Å². The molecule has 2 heterocycles. The van der Waals surface area contributed by atoms with Crippen LogP contribution < -0.4 is 4.90 Å². The zero-order chi connectivity index (χ0) is 21.2. The highest BCUT2D eigenvalue weighted by Gasteiger charge is 2.31. The van der Waals surface area contributed by atoms with Crippen LogP contribution in [0.4, 0.5) is 10.1 Å². The molecule has 0 saturated heterocycles. The normalized spacial score (nSPS) is 14.3. The highest BCUT2D eigenvalue weighted by Crippen LogP contribution is 2.37. The molecule has 0 bridgehead atoms. The first kappa shape index (κ1) is 19.4. The van der Waals surface area contributed by atoms with E-state index in [1.165, 1.54) is 28.9 Å². The molecule has 3 aromatic carbocycles. The van der Waals surface area contributed by atoms with Gasteiger partial charge in [-0.3, -0.25) is 0 Å². The summed E-state index contributed by atoms with van der Waals surface area (Å²) < 4.78 is 15.2. The predicted molar refractivity (Wildman–Crippen MR) is 118 cm³/mol. The third kappa shape index (κ3) is 3.93. The van der Waals surface area contributed by atoms with E-state index in [1.54, 1.807) is 12.1 Å². The first-order chi connectivity index (χ1) is 15.2. The number of anilines is 1. The Bertz CT molecular complexity index is 1170. The van der Waals surface area contributed by atoms with Crippen LogP contribution in [-0.2, 0) is 13.0 Å². The summed E-state index contributed by atoms with van der Waals surface area (Å²) in [4.78, 5) is 2.41. The minimum atomic E-state index is -0.247. The van der Waals surface area contributed by atoms with E-state index in [-0.39, 0.29) is 11.9 Å². The van der Waals surface area contributed by atoms with Crippen molar-refractivity contribution in [2.75, 3.05) is 11.4 Å². The van der Waals surface area contributed by atoms with E-state index >= 15 is 0 Å². The van der Waals surface area contributed by atoms with Crippen molar-refractivity contribution in [1.82, 2.24) is 20.2 Å². The number of hydrogen-bond donors (Lipinski definition) is 0. The largest absolute Gasteiger partial charge is 0.357 e. The molecule has 0 N–H and O–H groups in total. The maximum Gasteiger partial charge on any atom is 0.178 e. The van der Waals surface area contributed by atoms with Gasteiger partial charge in [-0.15, -0.1) is 5.10 Å². The molecule has 0 fully saturated rings. The van der Waals surface area contributed by atoms with Gasteiger partial charge in [-0.2, -0.15) is 0 Å². The first-order valence-electron chi connectivity index (χ1n) is 10.6. The topological polar surface area (TPSA) is 46.8 Å². The smallest absolute Gasteiger partial charge is 0.178 e. The number of benzene rings is 3. The summed E-state index contributed by atoms with van der Waals surface area (Å²) in [7, 11) is 0. The van der Waals surface area contributed by atoms with E-state index in [9.17, 15) is 4.39 Å². The predicted octanol–water partition coefficient (Wildman–Crippen LogP) is 4.71. The van der Waals surface area contributed by atoms with Crippen molar-refractivity contribution in [2.24, 2.45) is 0 Å². The number of fused-ring (bicyclic) bond motifs is 1. The van der Waals surface area contributed by atoms with Crippen LogP contribution in [0.1, 0.15) is 40.5 Å². The highest BCUT2D eigenvalue weighted by atomic mass is 19.1. The molecule has 0 spiro atoms. The highest BCUT2D eigenvalue weighted by molar-refractivity contribution is 5.58. The Hall–Kier alpha value is -3.54. The number of halogens is 1. The average Bonchev–Trinajstić information content (AvgIpc) is 3.24. The van der Waals surface area contributed by atoms with E-state index in [1.807, 2.05) is 4.68 Å². The zero-order valence-corrected chi connectivity index (χ0v) is 17.4. The number of rotatable bonds is 5. The molecule has 156 valence electrons. The molecular weight excluding hydrogens is 389 g/mol. The fourth-order valence-corrected chi connectivity index (χ4v) is 4.33. The van der Waals surface area contributed by atoms with Gasteiger partial charge >= 0.3 is 0 Å². The Labute approximate surface area is 181 Å². The Morgan fingerprint density at radius 1 is 0.968 bits per heavy atom. The summed E-state index contributed by atoms with van der Waals surface area (Å²) in [5.74, 6) is 0.535. The van der Waals surface area contributed by atoms with Crippen molar-refractivity contribution in [3.8, 4) is 0 Å². The van der Waals surface area contributed by atoms with E-state index in [2.05, 4.69) is 75.9 Å². The van der Waals surface area contributed by atoms with Crippen molar-refractivity contribution >= 4 is 5.69 Å². The maximum atomic E-state index is 13.4. The fraction of sp³-hybridized carbons (Fsp3) is 0.240. The summed E-state index contributed by atoms with van der Waals surface area (Å²) in [5, 5.41) is 12.8. The second kappa shape index (κ2) is 8.30. The van der Waals surface area contributed by atoms with Crippen LogP contribution in [0.3, 0.4) is 0 Å². The molecule has 31 heavy (non-hydrogen) atoms. The van der Waals surface area contributed by atoms with Gasteiger partial charge in [-0.05, 0) is 65.1 Å². The molecule has 0 amide bonds. The molecule has 5 rings (SSSR count). The summed E-state index contributed by atoms with van der Waals surface area (Å²) >= 11 is 0. The van der Waals surface area contributed by atoms with Crippen molar-refractivity contribution in [3.05, 3.63) is 107 Å². The van der Waals surface area contributed by atoms with Gasteiger partial charge in [0.05, 0.1) is 6.54 Å². The van der Waals surface area contributed by atoms with Crippen LogP contribution in [0, 0.1) is 12.7 Å². The van der Waals surface area contributed by atoms with E-state index < -0.39 is 0 Å². The van der Waals surface area contributed by atoms with Crippen LogP contribution in [0.15, 0.2) is 72.8 Å². The van der Waals surface area contributed by atoms with Gasteiger partial charge in [0.2, 0.25) is 0 Å². The first-order valence-corrected chi connectivity index (χ1v) is 10.6. The average molecular weight is 414 g/mol. The van der Waals surface area contributed by atoms with Gasteiger partial charge in [0.1, 0.15) is 11.9 Å². The number of tetrazole rings is 1. The SMILES string of the molecule is Cc1ccc([C@@H](c2nnnn2Cc2ccc(F)cc2)N2CCCc3ccccc32)cc1. The van der Waals surface area contributed by atoms with Crippen molar-refractivity contribution in [1.29, 1.82) is 0 Å². The molecule has 0 aliphatic carbocycles. The minimum Gasteiger partial charge on any atom is -0.357 e. The number of hydrogen-bond acceptors (Lipinski definition) is 4. The number of aromatic nitrogens is 4. The molecule has 1 aromatic heterocycles. The quantitative estimate of drug-likeness (QED) is 0.475. The summed E-state index contributed by atoms with van der Waals surface area (Å²) in [6.45, 7) is 3.51. The molecule has 1 aliphatic heterocycles. The number of para-hydroxylation sites is 1. The lowest BCUT2D eigenvalue weighted by atomic mass is 9.96. The summed E-state index contributed by atoms with van der Waals surface area (Å²) in [5.41, 5.74) is 5.90. The molecule has 1 atom stereocenters. The van der Waals surface area contributed by atoms with E-state index in [0.717, 1.165) is 36.3 Å². The lowest BCUT2D eigenvalue weighted by molar-refractivity contribution is 0.556. The molecule has 5 nitrogen and oxygen atoms in total. The molecular formula is C25H24FN5. The second-order valence-electron chi connectivity index (χ2n) is 8.06. The monoisotopic (exact) mass is 413 g/mol. The molecule has 6 heteroatoms. The maximum absolute atomic E-state index is 13.4. The lowest BCUT2D eigenvalue weighted by Gasteiger charge is -2.37. The molecule has 1 aliphatic rings. The third-order valence-corrected chi connectivity index (χ3v) is 5.90. The second-order valence-corrected chi connectivity index (χ2v) is 8.06. The van der Waals surface area contributed by atoms with Gasteiger partial charge < -0.3 is 4.90 Å². The molecule has 0 unspecified atom stereocenters. The Morgan fingerprint density at radius 3 is 2.55 bits per heavy atom. The third-order valence-electron chi connectivity index (χ3n) is 5.90. The summed E-state index contributed by atoms with van der Waals surface area (Å²) in [6.07, 6.45) is 2.16. The van der Waals surface area contributed by atoms with Crippen molar-refractivity contribution < 1.29 is 4.39 Å². The zero-order valence-electron chi connectivity index (χ0n) is 17.4. The fourth-order valence-electron chi connectivity index (χ4n) is 4.33. The van der Waals surface area contributed by atoms with Crippen LogP contribution in [0.25, 0.3) is 0 Å². The standard InChI is InChI=1S/C25H24FN5/c1-18-8-12-21(13-9-18)24(30-16-4-6-20-5-2-3-7-23(20)30)25-27-28-29-31(25)17-19-10-14-22(26)15-11-19/h2-3,5,7-15,24H,4,6,16-17H2,1H3/t24-/m0/s1. The Balaban J connectivity index is 1.59. The lowest BCUT2D eigenvalue weighted by Crippen LogP contribution is -2.36. The summed E-state index contributed by atoms with van der Waals surface area (Å²) in [6, 6.07) is 23.5. The Morgan fingerprint density at radius 2 is 1.74 bits per heavy atom. The van der Waals surface area contributed by atoms with Gasteiger partial charge in [0, 0.05) is 12.2 Å². The van der Waals surface area contributed by atoms with Crippen LogP contribution in [0.5, 0.6) is 0 Å². The van der Waals surface area contributed by atoms with Crippen LogP contribution in [-0.4, -0.2) is 26.8 Å². The van der Waals surface area contributed by atoms with Crippen molar-refractivity contribution in [3.63, 3.8) is 0 Å².